The summed E-state index contributed by atoms with van der Waals surface area (Å²) in [5.74, 6) is -0.0710. The lowest BCUT2D eigenvalue weighted by Gasteiger charge is -2.26. The first kappa shape index (κ1) is 17.4. The van der Waals surface area contributed by atoms with Crippen LogP contribution < -0.4 is 5.32 Å². The highest BCUT2D eigenvalue weighted by Crippen LogP contribution is 2.30. The number of rotatable bonds is 4. The third kappa shape index (κ3) is 3.72. The number of hydrogen-bond donors (Lipinski definition) is 1. The molecule has 0 spiro atoms. The zero-order valence-electron chi connectivity index (χ0n) is 14.9. The lowest BCUT2D eigenvalue weighted by molar-refractivity contribution is 0.103. The normalized spacial score (nSPS) is 14.2. The molecule has 0 fully saturated rings. The fraction of sp³-hybridized carbons (Fsp3) is 0.300. The van der Waals surface area contributed by atoms with Crippen molar-refractivity contribution in [2.24, 2.45) is 0 Å². The molecule has 1 aliphatic rings. The molecule has 6 heteroatoms. The van der Waals surface area contributed by atoms with E-state index in [1.165, 1.54) is 32.9 Å². The van der Waals surface area contributed by atoms with Crippen LogP contribution in [-0.4, -0.2) is 22.3 Å². The molecule has 1 N–H and O–H groups in total. The van der Waals surface area contributed by atoms with Gasteiger partial charge in [-0.2, -0.15) is 0 Å². The van der Waals surface area contributed by atoms with E-state index in [9.17, 15) is 4.79 Å². The van der Waals surface area contributed by atoms with E-state index in [0.29, 0.717) is 5.13 Å². The Balaban J connectivity index is 1.45. The molecule has 0 unspecified atom stereocenters. The van der Waals surface area contributed by atoms with Crippen molar-refractivity contribution in [2.45, 2.75) is 33.4 Å². The van der Waals surface area contributed by atoms with Crippen LogP contribution in [0.5, 0.6) is 0 Å². The molecule has 0 radical (unpaired) electrons. The molecule has 2 aromatic heterocycles. The summed E-state index contributed by atoms with van der Waals surface area (Å²) in [5.41, 5.74) is 5.17. The minimum atomic E-state index is -0.0710. The van der Waals surface area contributed by atoms with Gasteiger partial charge < -0.3 is 0 Å². The van der Waals surface area contributed by atoms with Crippen molar-refractivity contribution in [3.05, 3.63) is 67.9 Å². The van der Waals surface area contributed by atoms with Crippen molar-refractivity contribution in [1.82, 2.24) is 9.88 Å². The van der Waals surface area contributed by atoms with Crippen LogP contribution in [0.4, 0.5) is 5.13 Å². The van der Waals surface area contributed by atoms with E-state index in [2.05, 4.69) is 47.2 Å². The molecule has 1 aromatic carbocycles. The number of carbonyl (C=O) groups excluding carboxylic acids is 1. The first-order valence-corrected chi connectivity index (χ1v) is 10.4. The van der Waals surface area contributed by atoms with Gasteiger partial charge in [0.15, 0.2) is 5.13 Å². The molecule has 0 atom stereocenters. The number of nitrogens with one attached hydrogen (secondary N) is 1. The van der Waals surface area contributed by atoms with Crippen molar-refractivity contribution < 1.29 is 4.79 Å². The summed E-state index contributed by atoms with van der Waals surface area (Å²) in [6, 6.07) is 10.4. The highest BCUT2D eigenvalue weighted by atomic mass is 32.1. The van der Waals surface area contributed by atoms with Gasteiger partial charge in [-0.25, -0.2) is 4.98 Å². The Labute approximate surface area is 161 Å². The van der Waals surface area contributed by atoms with E-state index in [1.54, 1.807) is 11.3 Å². The summed E-state index contributed by atoms with van der Waals surface area (Å²) < 4.78 is 0. The Bertz CT molecular complexity index is 931. The van der Waals surface area contributed by atoms with E-state index < -0.39 is 0 Å². The van der Waals surface area contributed by atoms with E-state index in [1.807, 2.05) is 17.5 Å². The molecule has 0 saturated carbocycles. The molecule has 0 aliphatic carbocycles. The van der Waals surface area contributed by atoms with Crippen LogP contribution in [0.25, 0.3) is 0 Å². The Hall–Kier alpha value is -2.02. The van der Waals surface area contributed by atoms with Crippen LogP contribution in [0.1, 0.15) is 36.9 Å². The lowest BCUT2D eigenvalue weighted by Crippen LogP contribution is -2.29. The maximum absolute atomic E-state index is 12.2. The molecule has 4 nitrogen and oxygen atoms in total. The van der Waals surface area contributed by atoms with E-state index in [-0.39, 0.29) is 5.91 Å². The number of benzene rings is 1. The lowest BCUT2D eigenvalue weighted by atomic mass is 10.0. The average Bonchev–Trinajstić information content (AvgIpc) is 3.27. The number of fused-ring (bicyclic) bond motifs is 1. The molecule has 4 rings (SSSR count). The fourth-order valence-corrected chi connectivity index (χ4v) is 4.88. The molecule has 1 aliphatic heterocycles. The van der Waals surface area contributed by atoms with Gasteiger partial charge in [0.2, 0.25) is 0 Å². The first-order valence-electron chi connectivity index (χ1n) is 8.70. The van der Waals surface area contributed by atoms with Crippen LogP contribution >= 0.6 is 22.7 Å². The largest absolute Gasteiger partial charge is 0.297 e. The minimum absolute atomic E-state index is 0.0710. The number of nitrogens with zero attached hydrogens (tertiary/aromatic N) is 2. The standard InChI is InChI=1S/C20H21N3OS2/c1-13-5-6-14(2)15(10-13)11-23-8-7-16-18(12-23)26-20(21-16)22-19(24)17-4-3-9-25-17/h3-6,9-10H,7-8,11-12H2,1-2H3,(H,21,22,24). The summed E-state index contributed by atoms with van der Waals surface area (Å²) in [6.07, 6.45) is 0.936. The highest BCUT2D eigenvalue weighted by Gasteiger charge is 2.22. The van der Waals surface area contributed by atoms with E-state index in [0.717, 1.165) is 36.6 Å². The van der Waals surface area contributed by atoms with Crippen LogP contribution in [0.3, 0.4) is 0 Å². The van der Waals surface area contributed by atoms with Crippen LogP contribution in [-0.2, 0) is 19.5 Å². The Morgan fingerprint density at radius 1 is 1.31 bits per heavy atom. The Kier molecular flexibility index (Phi) is 4.89. The third-order valence-electron chi connectivity index (χ3n) is 4.67. The van der Waals surface area contributed by atoms with E-state index >= 15 is 0 Å². The van der Waals surface area contributed by atoms with Crippen molar-refractivity contribution in [3.8, 4) is 0 Å². The molecule has 0 bridgehead atoms. The molecule has 134 valence electrons. The summed E-state index contributed by atoms with van der Waals surface area (Å²) >= 11 is 3.05. The number of anilines is 1. The summed E-state index contributed by atoms with van der Waals surface area (Å²) in [5, 5.41) is 5.56. The zero-order valence-corrected chi connectivity index (χ0v) is 16.5. The zero-order chi connectivity index (χ0) is 18.1. The number of thiazole rings is 1. The molecule has 3 heterocycles. The minimum Gasteiger partial charge on any atom is -0.297 e. The van der Waals surface area contributed by atoms with Gasteiger partial charge in [-0.1, -0.05) is 29.8 Å². The van der Waals surface area contributed by atoms with Gasteiger partial charge in [-0.15, -0.1) is 22.7 Å². The number of hydrogen-bond acceptors (Lipinski definition) is 5. The number of aromatic nitrogens is 1. The second-order valence-corrected chi connectivity index (χ2v) is 8.74. The van der Waals surface area contributed by atoms with Crippen LogP contribution in [0.15, 0.2) is 35.7 Å². The number of aryl methyl sites for hydroxylation is 2. The smallest absolute Gasteiger partial charge is 0.267 e. The first-order chi connectivity index (χ1) is 12.6. The second kappa shape index (κ2) is 7.31. The number of thiophene rings is 1. The Morgan fingerprint density at radius 2 is 2.19 bits per heavy atom. The summed E-state index contributed by atoms with van der Waals surface area (Å²) in [7, 11) is 0. The molecular weight excluding hydrogens is 362 g/mol. The number of amides is 1. The van der Waals surface area contributed by atoms with Crippen molar-refractivity contribution in [3.63, 3.8) is 0 Å². The molecule has 1 amide bonds. The molecule has 0 saturated heterocycles. The molecule has 3 aromatic rings. The monoisotopic (exact) mass is 383 g/mol. The Morgan fingerprint density at radius 3 is 3.00 bits per heavy atom. The summed E-state index contributed by atoms with van der Waals surface area (Å²) in [6.45, 7) is 7.18. The van der Waals surface area contributed by atoms with Gasteiger partial charge in [0, 0.05) is 30.9 Å². The van der Waals surface area contributed by atoms with Gasteiger partial charge in [0.25, 0.3) is 5.91 Å². The van der Waals surface area contributed by atoms with Crippen LogP contribution in [0.2, 0.25) is 0 Å². The average molecular weight is 384 g/mol. The van der Waals surface area contributed by atoms with Gasteiger partial charge in [0.1, 0.15) is 0 Å². The second-order valence-electron chi connectivity index (χ2n) is 6.71. The SMILES string of the molecule is Cc1ccc(C)c(CN2CCc3nc(NC(=O)c4cccs4)sc3C2)c1. The third-order valence-corrected chi connectivity index (χ3v) is 6.54. The van der Waals surface area contributed by atoms with Crippen molar-refractivity contribution >= 4 is 33.7 Å². The van der Waals surface area contributed by atoms with Gasteiger partial charge >= 0.3 is 0 Å². The summed E-state index contributed by atoms with van der Waals surface area (Å²) in [4.78, 5) is 21.3. The maximum atomic E-state index is 12.2. The van der Waals surface area contributed by atoms with Crippen molar-refractivity contribution in [2.75, 3.05) is 11.9 Å². The quantitative estimate of drug-likeness (QED) is 0.714. The van der Waals surface area contributed by atoms with Gasteiger partial charge in [0.05, 0.1) is 10.6 Å². The maximum Gasteiger partial charge on any atom is 0.267 e. The number of carbonyl (C=O) groups is 1. The van der Waals surface area contributed by atoms with Gasteiger partial charge in [-0.05, 0) is 36.4 Å². The fourth-order valence-electron chi connectivity index (χ4n) is 3.21. The highest BCUT2D eigenvalue weighted by molar-refractivity contribution is 7.16. The van der Waals surface area contributed by atoms with Crippen LogP contribution in [0, 0.1) is 13.8 Å². The predicted octanol–water partition coefficient (Wildman–Crippen LogP) is 4.63. The predicted molar refractivity (Wildman–Crippen MR) is 108 cm³/mol. The molecular formula is C20H21N3OS2. The molecule has 26 heavy (non-hydrogen) atoms. The van der Waals surface area contributed by atoms with Gasteiger partial charge in [-0.3, -0.25) is 15.0 Å². The topological polar surface area (TPSA) is 45.2 Å². The van der Waals surface area contributed by atoms with Crippen molar-refractivity contribution in [1.29, 1.82) is 0 Å². The van der Waals surface area contributed by atoms with E-state index in [4.69, 9.17) is 0 Å².